The Morgan fingerprint density at radius 1 is 1.18 bits per heavy atom. The predicted molar refractivity (Wildman–Crippen MR) is 97.4 cm³/mol. The van der Waals surface area contributed by atoms with Gasteiger partial charge >= 0.3 is 5.97 Å². The van der Waals surface area contributed by atoms with Crippen molar-refractivity contribution in [1.29, 1.82) is 0 Å². The third-order valence-electron chi connectivity index (χ3n) is 3.73. The Labute approximate surface area is 146 Å². The first-order valence-corrected chi connectivity index (χ1v) is 8.90. The first kappa shape index (κ1) is 15.5. The molecule has 1 fully saturated rings. The molecule has 0 spiro atoms. The number of rotatable bonds is 3. The highest BCUT2D eigenvalue weighted by Gasteiger charge is 2.22. The van der Waals surface area contributed by atoms with Gasteiger partial charge in [-0.1, -0.05) is 0 Å². The maximum Gasteiger partial charge on any atom is 0.355 e. The largest absolute Gasteiger partial charge is 0.476 e. The fourth-order valence-corrected chi connectivity index (χ4v) is 3.84. The van der Waals surface area contributed by atoms with E-state index in [9.17, 15) is 4.79 Å². The van der Waals surface area contributed by atoms with Crippen LogP contribution in [0, 0.1) is 10.5 Å². The normalized spacial score (nSPS) is 15.2. The average Bonchev–Trinajstić information content (AvgIpc) is 2.90. The van der Waals surface area contributed by atoms with Gasteiger partial charge in [0, 0.05) is 40.3 Å². The summed E-state index contributed by atoms with van der Waals surface area (Å²) in [7, 11) is 0. The van der Waals surface area contributed by atoms with Gasteiger partial charge in [-0.3, -0.25) is 0 Å². The molecule has 0 unspecified atom stereocenters. The average molecular weight is 429 g/mol. The molecule has 2 heterocycles. The lowest BCUT2D eigenvalue weighted by Gasteiger charge is -2.36. The molecular weight excluding hydrogens is 413 g/mol. The Morgan fingerprint density at radius 2 is 1.77 bits per heavy atom. The van der Waals surface area contributed by atoms with Crippen LogP contribution in [0.25, 0.3) is 0 Å². The van der Waals surface area contributed by atoms with Crippen molar-refractivity contribution in [2.24, 2.45) is 0 Å². The summed E-state index contributed by atoms with van der Waals surface area (Å²) >= 11 is 3.77. The van der Waals surface area contributed by atoms with E-state index in [0.29, 0.717) is 0 Å². The van der Waals surface area contributed by atoms with Crippen LogP contribution in [0.2, 0.25) is 0 Å². The Hall–Kier alpha value is -1.35. The summed E-state index contributed by atoms with van der Waals surface area (Å²) < 4.78 is 1.24. The smallest absolute Gasteiger partial charge is 0.355 e. The van der Waals surface area contributed by atoms with Crippen LogP contribution >= 0.6 is 33.9 Å². The van der Waals surface area contributed by atoms with Crippen LogP contribution in [-0.4, -0.2) is 42.2 Å². The van der Waals surface area contributed by atoms with E-state index in [2.05, 4.69) is 61.6 Å². The Bertz CT molecular complexity index is 679. The number of thiazole rings is 1. The van der Waals surface area contributed by atoms with Gasteiger partial charge in [-0.25, -0.2) is 9.78 Å². The van der Waals surface area contributed by atoms with Gasteiger partial charge in [-0.2, -0.15) is 0 Å². The van der Waals surface area contributed by atoms with Crippen LogP contribution in [0.3, 0.4) is 0 Å². The van der Waals surface area contributed by atoms with Crippen LogP contribution in [0.1, 0.15) is 15.4 Å². The third-order valence-corrected chi connectivity index (χ3v) is 5.48. The molecule has 116 valence electrons. The number of benzene rings is 1. The van der Waals surface area contributed by atoms with Gasteiger partial charge in [0.1, 0.15) is 0 Å². The van der Waals surface area contributed by atoms with Crippen molar-refractivity contribution in [3.63, 3.8) is 0 Å². The monoisotopic (exact) mass is 429 g/mol. The van der Waals surface area contributed by atoms with Crippen LogP contribution < -0.4 is 9.80 Å². The lowest BCUT2D eigenvalue weighted by Crippen LogP contribution is -2.46. The molecule has 22 heavy (non-hydrogen) atoms. The van der Waals surface area contributed by atoms with Crippen LogP contribution in [0.5, 0.6) is 0 Å². The van der Waals surface area contributed by atoms with E-state index in [1.54, 1.807) is 0 Å². The van der Waals surface area contributed by atoms with Gasteiger partial charge in [-0.15, -0.1) is 11.3 Å². The van der Waals surface area contributed by atoms with Gasteiger partial charge in [0.25, 0.3) is 0 Å². The van der Waals surface area contributed by atoms with E-state index >= 15 is 0 Å². The Morgan fingerprint density at radius 3 is 2.32 bits per heavy atom. The number of aromatic nitrogens is 1. The minimum atomic E-state index is -0.947. The molecule has 1 aromatic heterocycles. The lowest BCUT2D eigenvalue weighted by atomic mass is 10.2. The number of aryl methyl sites for hydroxylation is 1. The standard InChI is InChI=1S/C15H16IN3O2S/c1-10-13(14(20)21)17-15(22-10)19-8-6-18(7-9-19)12-4-2-11(16)3-5-12/h2-5H,6-9H2,1H3,(H,20,21). The van der Waals surface area contributed by atoms with Crippen LogP contribution in [0.15, 0.2) is 24.3 Å². The molecule has 7 heteroatoms. The molecular formula is C15H16IN3O2S. The molecule has 0 saturated carbocycles. The summed E-state index contributed by atoms with van der Waals surface area (Å²) in [4.78, 5) is 20.7. The molecule has 0 amide bonds. The van der Waals surface area contributed by atoms with Gasteiger partial charge in [0.05, 0.1) is 0 Å². The number of carbonyl (C=O) groups is 1. The summed E-state index contributed by atoms with van der Waals surface area (Å²) in [6.07, 6.45) is 0. The SMILES string of the molecule is Cc1sc(N2CCN(c3ccc(I)cc3)CC2)nc1C(=O)O. The van der Waals surface area contributed by atoms with Crippen LogP contribution in [-0.2, 0) is 0 Å². The minimum absolute atomic E-state index is 0.181. The molecule has 0 radical (unpaired) electrons. The summed E-state index contributed by atoms with van der Waals surface area (Å²) in [5.41, 5.74) is 1.42. The van der Waals surface area contributed by atoms with E-state index in [-0.39, 0.29) is 5.69 Å². The fourth-order valence-electron chi connectivity index (χ4n) is 2.52. The molecule has 0 aliphatic carbocycles. The maximum absolute atomic E-state index is 11.1. The first-order chi connectivity index (χ1) is 10.5. The number of carboxylic acids is 1. The summed E-state index contributed by atoms with van der Waals surface area (Å²) in [5.74, 6) is -0.947. The number of anilines is 2. The van der Waals surface area contributed by atoms with Gasteiger partial charge in [-0.05, 0) is 53.8 Å². The summed E-state index contributed by atoms with van der Waals surface area (Å²) in [5, 5.41) is 9.92. The summed E-state index contributed by atoms with van der Waals surface area (Å²) in [6, 6.07) is 8.53. The molecule has 1 aliphatic rings. The van der Waals surface area contributed by atoms with Gasteiger partial charge < -0.3 is 14.9 Å². The lowest BCUT2D eigenvalue weighted by molar-refractivity contribution is 0.0690. The zero-order valence-corrected chi connectivity index (χ0v) is 15.1. The number of halogens is 1. The molecule has 1 saturated heterocycles. The number of hydrogen-bond acceptors (Lipinski definition) is 5. The van der Waals surface area contributed by atoms with Crippen molar-refractivity contribution < 1.29 is 9.90 Å². The maximum atomic E-state index is 11.1. The van der Waals surface area contributed by atoms with Crippen molar-refractivity contribution in [1.82, 2.24) is 4.98 Å². The predicted octanol–water partition coefficient (Wildman–Crippen LogP) is 3.08. The van der Waals surface area contributed by atoms with Gasteiger partial charge in [0.15, 0.2) is 10.8 Å². The topological polar surface area (TPSA) is 56.7 Å². The highest BCUT2D eigenvalue weighted by Crippen LogP contribution is 2.27. The van der Waals surface area contributed by atoms with E-state index in [1.165, 1.54) is 20.6 Å². The highest BCUT2D eigenvalue weighted by atomic mass is 127. The summed E-state index contributed by atoms with van der Waals surface area (Å²) in [6.45, 7) is 5.37. The quantitative estimate of drug-likeness (QED) is 0.761. The molecule has 3 rings (SSSR count). The van der Waals surface area contributed by atoms with Crippen molar-refractivity contribution in [2.75, 3.05) is 36.0 Å². The van der Waals surface area contributed by atoms with E-state index in [1.807, 2.05) is 6.92 Å². The van der Waals surface area contributed by atoms with E-state index < -0.39 is 5.97 Å². The molecule has 0 bridgehead atoms. The second-order valence-electron chi connectivity index (χ2n) is 5.16. The van der Waals surface area contributed by atoms with Crippen LogP contribution in [0.4, 0.5) is 10.8 Å². The zero-order chi connectivity index (χ0) is 15.7. The number of piperazine rings is 1. The third kappa shape index (κ3) is 3.19. The minimum Gasteiger partial charge on any atom is -0.476 e. The highest BCUT2D eigenvalue weighted by molar-refractivity contribution is 14.1. The number of aromatic carboxylic acids is 1. The Balaban J connectivity index is 1.67. The van der Waals surface area contributed by atoms with Crippen molar-refractivity contribution in [3.05, 3.63) is 38.4 Å². The second-order valence-corrected chi connectivity index (χ2v) is 7.58. The van der Waals surface area contributed by atoms with E-state index in [4.69, 9.17) is 5.11 Å². The number of nitrogens with zero attached hydrogens (tertiary/aromatic N) is 3. The number of hydrogen-bond donors (Lipinski definition) is 1. The molecule has 1 aliphatic heterocycles. The fraction of sp³-hybridized carbons (Fsp3) is 0.333. The second kappa shape index (κ2) is 6.41. The Kier molecular flexibility index (Phi) is 4.53. The van der Waals surface area contributed by atoms with Crippen molar-refractivity contribution in [2.45, 2.75) is 6.92 Å². The van der Waals surface area contributed by atoms with Crippen molar-refractivity contribution >= 4 is 50.7 Å². The molecule has 5 nitrogen and oxygen atoms in total. The first-order valence-electron chi connectivity index (χ1n) is 7.01. The molecule has 2 aromatic rings. The molecule has 1 aromatic carbocycles. The molecule has 1 N–H and O–H groups in total. The molecule has 0 atom stereocenters. The number of carboxylic acid groups (broad SMARTS) is 1. The van der Waals surface area contributed by atoms with E-state index in [0.717, 1.165) is 36.2 Å². The zero-order valence-electron chi connectivity index (χ0n) is 12.1. The van der Waals surface area contributed by atoms with Crippen molar-refractivity contribution in [3.8, 4) is 0 Å². The van der Waals surface area contributed by atoms with Gasteiger partial charge in [0.2, 0.25) is 0 Å².